The summed E-state index contributed by atoms with van der Waals surface area (Å²) in [5, 5.41) is 8.47. The summed E-state index contributed by atoms with van der Waals surface area (Å²) in [6.45, 7) is 0. The molecule has 2 heterocycles. The van der Waals surface area contributed by atoms with E-state index >= 15 is 0 Å². The number of fused-ring (bicyclic) bond motifs is 11. The Labute approximate surface area is 372 Å². The Bertz CT molecular complexity index is 3500. The second kappa shape index (κ2) is 14.4. The molecule has 10 aromatic rings. The summed E-state index contributed by atoms with van der Waals surface area (Å²) in [5.74, 6) is 1.51. The lowest BCUT2D eigenvalue weighted by atomic mass is 9.64. The van der Waals surface area contributed by atoms with E-state index in [0.717, 1.165) is 39.2 Å². The fraction of sp³-hybridized carbons (Fsp3) is 0.0333. The normalized spacial score (nSPS) is 15.4. The third-order valence-corrected chi connectivity index (χ3v) is 13.5. The summed E-state index contributed by atoms with van der Waals surface area (Å²) in [4.78, 5) is 12.9. The molecule has 0 radical (unpaired) electrons. The Hall–Kier alpha value is -8.34. The molecule has 1 spiro atoms. The van der Waals surface area contributed by atoms with Crippen LogP contribution in [0.1, 0.15) is 45.1 Å². The van der Waals surface area contributed by atoms with Crippen molar-refractivity contribution < 1.29 is 0 Å². The average molecular weight is 817 g/mol. The van der Waals surface area contributed by atoms with E-state index in [-0.39, 0.29) is 6.17 Å². The maximum absolute atomic E-state index is 5.24. The molecular formula is C60H40N4. The van der Waals surface area contributed by atoms with Crippen LogP contribution in [0.3, 0.4) is 0 Å². The van der Waals surface area contributed by atoms with Crippen LogP contribution in [-0.2, 0) is 5.41 Å². The average Bonchev–Trinajstić information content (AvgIpc) is 3.66. The van der Waals surface area contributed by atoms with Gasteiger partial charge in [0.2, 0.25) is 0 Å². The van der Waals surface area contributed by atoms with Gasteiger partial charge in [-0.15, -0.1) is 0 Å². The van der Waals surface area contributed by atoms with Crippen LogP contribution in [0, 0.1) is 0 Å². The molecule has 1 unspecified atom stereocenters. The maximum Gasteiger partial charge on any atom is 0.159 e. The molecule has 10 aromatic carbocycles. The first-order chi connectivity index (χ1) is 31.7. The smallest absolute Gasteiger partial charge is 0.159 e. The molecule has 4 nitrogen and oxygen atoms in total. The molecule has 300 valence electrons. The molecule has 1 N–H and O–H groups in total. The molecule has 2 aliphatic heterocycles. The lowest BCUT2D eigenvalue weighted by Gasteiger charge is -2.45. The zero-order valence-electron chi connectivity index (χ0n) is 34.9. The van der Waals surface area contributed by atoms with E-state index in [9.17, 15) is 0 Å². The van der Waals surface area contributed by atoms with Crippen molar-refractivity contribution in [2.75, 3.05) is 4.90 Å². The van der Waals surface area contributed by atoms with Crippen molar-refractivity contribution in [3.05, 3.63) is 269 Å². The third kappa shape index (κ3) is 5.56. The fourth-order valence-electron chi connectivity index (χ4n) is 10.6. The standard InChI is InChI=1S/C60H40N4/c1-2-18-48(19-3-1)64-55-24-12-10-22-52(55)60(53-23-11-13-25-56(53)64)51-21-9-8-20-49(51)50-35-34-45(38-54(50)60)41-26-30-42(31-27-41)57-61-58(46-32-28-39-14-4-6-16-43(39)36-46)63-59(62-57)47-33-29-40-15-5-7-17-44(40)37-47/h1-38,58H,(H,61,62,63). The van der Waals surface area contributed by atoms with Crippen molar-refractivity contribution >= 4 is 50.3 Å². The van der Waals surface area contributed by atoms with Crippen LogP contribution < -0.4 is 10.2 Å². The number of anilines is 3. The van der Waals surface area contributed by atoms with Gasteiger partial charge in [-0.1, -0.05) is 188 Å². The topological polar surface area (TPSA) is 40.0 Å². The lowest BCUT2D eigenvalue weighted by molar-refractivity contribution is 0.675. The lowest BCUT2D eigenvalue weighted by Crippen LogP contribution is -2.36. The minimum atomic E-state index is -0.516. The van der Waals surface area contributed by atoms with Crippen LogP contribution >= 0.6 is 0 Å². The highest BCUT2D eigenvalue weighted by Gasteiger charge is 2.51. The second-order valence-electron chi connectivity index (χ2n) is 17.0. The molecule has 0 bridgehead atoms. The number of aliphatic imine (C=N–C) groups is 2. The maximum atomic E-state index is 5.24. The molecule has 0 saturated heterocycles. The number of hydrogen-bond acceptors (Lipinski definition) is 4. The number of nitrogens with zero attached hydrogens (tertiary/aromatic N) is 3. The van der Waals surface area contributed by atoms with Gasteiger partial charge in [-0.05, 0) is 114 Å². The summed E-state index contributed by atoms with van der Waals surface area (Å²) in [6.07, 6.45) is -0.313. The van der Waals surface area contributed by atoms with Gasteiger partial charge in [-0.3, -0.25) is 0 Å². The zero-order valence-corrected chi connectivity index (χ0v) is 34.9. The Balaban J connectivity index is 0.923. The van der Waals surface area contributed by atoms with Gasteiger partial charge in [0.1, 0.15) is 12.0 Å². The van der Waals surface area contributed by atoms with Crippen molar-refractivity contribution in [3.8, 4) is 22.3 Å². The van der Waals surface area contributed by atoms with E-state index in [2.05, 4.69) is 241 Å². The van der Waals surface area contributed by atoms with Gasteiger partial charge in [0.15, 0.2) is 5.84 Å². The Morgan fingerprint density at radius 3 is 1.67 bits per heavy atom. The first-order valence-corrected chi connectivity index (χ1v) is 22.0. The molecule has 1 atom stereocenters. The molecule has 64 heavy (non-hydrogen) atoms. The van der Waals surface area contributed by atoms with Crippen LogP contribution in [-0.4, -0.2) is 11.7 Å². The van der Waals surface area contributed by atoms with Crippen LogP contribution in [0.5, 0.6) is 0 Å². The van der Waals surface area contributed by atoms with Crippen molar-refractivity contribution in [2.24, 2.45) is 9.98 Å². The van der Waals surface area contributed by atoms with Gasteiger partial charge < -0.3 is 10.2 Å². The van der Waals surface area contributed by atoms with Crippen molar-refractivity contribution in [1.82, 2.24) is 5.32 Å². The first kappa shape index (κ1) is 36.3. The van der Waals surface area contributed by atoms with Gasteiger partial charge in [0.25, 0.3) is 0 Å². The van der Waals surface area contributed by atoms with E-state index in [1.54, 1.807) is 0 Å². The fourth-order valence-corrected chi connectivity index (χ4v) is 10.6. The molecule has 3 aliphatic rings. The predicted octanol–water partition coefficient (Wildman–Crippen LogP) is 14.3. The van der Waals surface area contributed by atoms with Gasteiger partial charge >= 0.3 is 0 Å². The zero-order chi connectivity index (χ0) is 42.2. The van der Waals surface area contributed by atoms with Gasteiger partial charge in [0.05, 0.1) is 16.8 Å². The number of hydrogen-bond donors (Lipinski definition) is 1. The van der Waals surface area contributed by atoms with Gasteiger partial charge in [-0.2, -0.15) is 0 Å². The molecule has 0 amide bonds. The number of benzene rings is 10. The first-order valence-electron chi connectivity index (χ1n) is 22.0. The molecule has 0 aromatic heterocycles. The van der Waals surface area contributed by atoms with Crippen LogP contribution in [0.25, 0.3) is 43.8 Å². The highest BCUT2D eigenvalue weighted by molar-refractivity contribution is 6.14. The predicted molar refractivity (Wildman–Crippen MR) is 264 cm³/mol. The van der Waals surface area contributed by atoms with Crippen molar-refractivity contribution in [1.29, 1.82) is 0 Å². The Morgan fingerprint density at radius 2 is 0.938 bits per heavy atom. The quantitative estimate of drug-likeness (QED) is 0.188. The van der Waals surface area contributed by atoms with Crippen LogP contribution in [0.4, 0.5) is 17.1 Å². The van der Waals surface area contributed by atoms with Gasteiger partial charge in [-0.25, -0.2) is 9.98 Å². The SMILES string of the molecule is c1ccc(N2c3ccccc3C3(c4ccccc4-c4ccc(-c5ccc(C6=NC(c7ccc8ccccc8c7)=NC(c7ccc8ccccc8c7)N6)cc5)cc43)c3ccccc32)cc1. The van der Waals surface area contributed by atoms with Crippen LogP contribution in [0.15, 0.2) is 241 Å². The number of rotatable bonds is 5. The van der Waals surface area contributed by atoms with Crippen molar-refractivity contribution in [2.45, 2.75) is 11.6 Å². The minimum Gasteiger partial charge on any atom is -0.344 e. The second-order valence-corrected chi connectivity index (χ2v) is 17.0. The van der Waals surface area contributed by atoms with Gasteiger partial charge in [0, 0.05) is 16.8 Å². The summed E-state index contributed by atoms with van der Waals surface area (Å²) in [6, 6.07) is 83.7. The van der Waals surface area contributed by atoms with E-state index in [4.69, 9.17) is 9.98 Å². The van der Waals surface area contributed by atoms with Crippen molar-refractivity contribution in [3.63, 3.8) is 0 Å². The Kier molecular flexibility index (Phi) is 8.16. The van der Waals surface area contributed by atoms with E-state index in [0.29, 0.717) is 5.84 Å². The number of para-hydroxylation sites is 3. The molecule has 13 rings (SSSR count). The summed E-state index contributed by atoms with van der Waals surface area (Å²) < 4.78 is 0. The largest absolute Gasteiger partial charge is 0.344 e. The number of nitrogens with one attached hydrogen (secondary N) is 1. The summed E-state index contributed by atoms with van der Waals surface area (Å²) in [7, 11) is 0. The monoisotopic (exact) mass is 816 g/mol. The minimum absolute atomic E-state index is 0.313. The Morgan fingerprint density at radius 1 is 0.391 bits per heavy atom. The summed E-state index contributed by atoms with van der Waals surface area (Å²) in [5.41, 5.74) is 16.1. The van der Waals surface area contributed by atoms with E-state index < -0.39 is 5.41 Å². The number of amidine groups is 2. The third-order valence-electron chi connectivity index (χ3n) is 13.5. The molecular weight excluding hydrogens is 777 g/mol. The summed E-state index contributed by atoms with van der Waals surface area (Å²) >= 11 is 0. The molecule has 0 saturated carbocycles. The van der Waals surface area contributed by atoms with E-state index in [1.165, 1.54) is 66.5 Å². The highest BCUT2D eigenvalue weighted by Crippen LogP contribution is 2.63. The molecule has 0 fully saturated rings. The molecule has 1 aliphatic carbocycles. The van der Waals surface area contributed by atoms with Crippen LogP contribution in [0.2, 0.25) is 0 Å². The highest BCUT2D eigenvalue weighted by atomic mass is 15.2. The molecule has 4 heteroatoms. The van der Waals surface area contributed by atoms with E-state index in [1.807, 2.05) is 0 Å².